The van der Waals surface area contributed by atoms with Gasteiger partial charge < -0.3 is 0 Å². The van der Waals surface area contributed by atoms with Crippen LogP contribution in [-0.2, 0) is 0 Å². The molecule has 4 nitrogen and oxygen atoms in total. The van der Waals surface area contributed by atoms with Crippen LogP contribution in [0.5, 0.6) is 0 Å². The number of nitriles is 1. The predicted octanol–water partition coefficient (Wildman–Crippen LogP) is 1.72. The molecule has 0 fully saturated rings. The van der Waals surface area contributed by atoms with Crippen molar-refractivity contribution in [2.75, 3.05) is 0 Å². The van der Waals surface area contributed by atoms with Gasteiger partial charge in [0.25, 0.3) is 0 Å². The van der Waals surface area contributed by atoms with Gasteiger partial charge in [-0.1, -0.05) is 13.8 Å². The number of nitrogens with zero attached hydrogens (tertiary/aromatic N) is 4. The molecule has 2 rings (SSSR count). The summed E-state index contributed by atoms with van der Waals surface area (Å²) in [6.45, 7) is 4.15. The molecule has 0 unspecified atom stereocenters. The molecule has 0 saturated carbocycles. The highest BCUT2D eigenvalue weighted by Crippen LogP contribution is 2.13. The van der Waals surface area contributed by atoms with E-state index in [4.69, 9.17) is 5.26 Å². The molecule has 0 aliphatic heterocycles. The molecule has 0 amide bonds. The van der Waals surface area contributed by atoms with Crippen LogP contribution in [0.25, 0.3) is 5.65 Å². The molecule has 14 heavy (non-hydrogen) atoms. The Balaban J connectivity index is 2.61. The molecule has 0 aromatic carbocycles. The summed E-state index contributed by atoms with van der Waals surface area (Å²) in [5, 5.41) is 13.0. The van der Waals surface area contributed by atoms with E-state index in [1.807, 2.05) is 12.1 Å². The second kappa shape index (κ2) is 3.11. The number of rotatable bonds is 1. The van der Waals surface area contributed by atoms with Crippen molar-refractivity contribution in [1.29, 1.82) is 5.26 Å². The Morgan fingerprint density at radius 1 is 1.50 bits per heavy atom. The first-order valence-electron chi connectivity index (χ1n) is 4.47. The Morgan fingerprint density at radius 3 is 2.93 bits per heavy atom. The van der Waals surface area contributed by atoms with E-state index in [0.29, 0.717) is 11.6 Å². The van der Waals surface area contributed by atoms with Crippen molar-refractivity contribution >= 4 is 5.65 Å². The molecular formula is C10H10N4. The minimum atomic E-state index is 0.377. The SMILES string of the molecule is CC(C)c1cc2nc(C#N)ccn2n1. The van der Waals surface area contributed by atoms with Crippen molar-refractivity contribution < 1.29 is 0 Å². The highest BCUT2D eigenvalue weighted by molar-refractivity contribution is 5.42. The topological polar surface area (TPSA) is 54.0 Å². The second-order valence-corrected chi connectivity index (χ2v) is 3.45. The summed E-state index contributed by atoms with van der Waals surface area (Å²) in [6, 6.07) is 5.57. The molecule has 0 bridgehead atoms. The molecule has 0 atom stereocenters. The van der Waals surface area contributed by atoms with E-state index in [-0.39, 0.29) is 0 Å². The number of hydrogen-bond acceptors (Lipinski definition) is 3. The maximum atomic E-state index is 8.67. The lowest BCUT2D eigenvalue weighted by atomic mass is 10.1. The highest BCUT2D eigenvalue weighted by Gasteiger charge is 2.06. The maximum absolute atomic E-state index is 8.67. The standard InChI is InChI=1S/C10H10N4/c1-7(2)9-5-10-12-8(6-11)3-4-14(10)13-9/h3-5,7H,1-2H3. The van der Waals surface area contributed by atoms with E-state index < -0.39 is 0 Å². The summed E-state index contributed by atoms with van der Waals surface area (Å²) < 4.78 is 1.69. The van der Waals surface area contributed by atoms with Gasteiger partial charge in [-0.05, 0) is 12.0 Å². The lowest BCUT2D eigenvalue weighted by Gasteiger charge is -1.94. The Bertz CT molecular complexity index is 504. The van der Waals surface area contributed by atoms with Gasteiger partial charge in [0, 0.05) is 12.3 Å². The maximum Gasteiger partial charge on any atom is 0.156 e. The fraction of sp³-hybridized carbons (Fsp3) is 0.300. The van der Waals surface area contributed by atoms with Gasteiger partial charge in [0.15, 0.2) is 5.65 Å². The fourth-order valence-electron chi connectivity index (χ4n) is 1.24. The van der Waals surface area contributed by atoms with Crippen LogP contribution in [0, 0.1) is 11.3 Å². The smallest absolute Gasteiger partial charge is 0.156 e. The largest absolute Gasteiger partial charge is 0.222 e. The van der Waals surface area contributed by atoms with Crippen LogP contribution in [-0.4, -0.2) is 14.6 Å². The van der Waals surface area contributed by atoms with E-state index in [2.05, 4.69) is 23.9 Å². The summed E-state index contributed by atoms with van der Waals surface area (Å²) in [5.74, 6) is 0.377. The molecule has 70 valence electrons. The lowest BCUT2D eigenvalue weighted by Crippen LogP contribution is -1.92. The highest BCUT2D eigenvalue weighted by atomic mass is 15.2. The van der Waals surface area contributed by atoms with E-state index in [1.54, 1.807) is 16.8 Å². The van der Waals surface area contributed by atoms with Crippen molar-refractivity contribution in [3.63, 3.8) is 0 Å². The van der Waals surface area contributed by atoms with Crippen LogP contribution >= 0.6 is 0 Å². The molecule has 0 saturated heterocycles. The molecule has 0 aliphatic carbocycles. The lowest BCUT2D eigenvalue weighted by molar-refractivity contribution is 0.786. The molecule has 0 N–H and O–H groups in total. The van der Waals surface area contributed by atoms with Crippen LogP contribution in [0.2, 0.25) is 0 Å². The van der Waals surface area contributed by atoms with Gasteiger partial charge in [0.2, 0.25) is 0 Å². The Labute approximate surface area is 81.8 Å². The first-order chi connectivity index (χ1) is 6.70. The summed E-state index contributed by atoms with van der Waals surface area (Å²) in [4.78, 5) is 4.14. The molecular weight excluding hydrogens is 176 g/mol. The number of fused-ring (bicyclic) bond motifs is 1. The van der Waals surface area contributed by atoms with Gasteiger partial charge in [-0.3, -0.25) is 0 Å². The van der Waals surface area contributed by atoms with Crippen molar-refractivity contribution in [1.82, 2.24) is 14.6 Å². The third-order valence-corrected chi connectivity index (χ3v) is 2.05. The van der Waals surface area contributed by atoms with Crippen LogP contribution in [0.3, 0.4) is 0 Å². The van der Waals surface area contributed by atoms with Gasteiger partial charge >= 0.3 is 0 Å². The van der Waals surface area contributed by atoms with Crippen LogP contribution in [0.4, 0.5) is 0 Å². The normalized spacial score (nSPS) is 10.7. The second-order valence-electron chi connectivity index (χ2n) is 3.45. The van der Waals surface area contributed by atoms with E-state index in [9.17, 15) is 0 Å². The molecule has 4 heteroatoms. The van der Waals surface area contributed by atoms with Crippen LogP contribution < -0.4 is 0 Å². The van der Waals surface area contributed by atoms with Crippen molar-refractivity contribution in [2.45, 2.75) is 19.8 Å². The monoisotopic (exact) mass is 186 g/mol. The minimum Gasteiger partial charge on any atom is -0.222 e. The van der Waals surface area contributed by atoms with Gasteiger partial charge in [-0.15, -0.1) is 0 Å². The van der Waals surface area contributed by atoms with E-state index in [0.717, 1.165) is 11.3 Å². The van der Waals surface area contributed by atoms with Crippen LogP contribution in [0.1, 0.15) is 31.2 Å². The third-order valence-electron chi connectivity index (χ3n) is 2.05. The van der Waals surface area contributed by atoms with E-state index in [1.165, 1.54) is 0 Å². The molecule has 2 heterocycles. The Kier molecular flexibility index (Phi) is 1.93. The van der Waals surface area contributed by atoms with Gasteiger partial charge in [0.1, 0.15) is 11.8 Å². The molecule has 0 radical (unpaired) electrons. The fourth-order valence-corrected chi connectivity index (χ4v) is 1.24. The minimum absolute atomic E-state index is 0.377. The zero-order chi connectivity index (χ0) is 10.1. The quantitative estimate of drug-likeness (QED) is 0.681. The van der Waals surface area contributed by atoms with Gasteiger partial charge in [0.05, 0.1) is 5.69 Å². The third kappa shape index (κ3) is 1.33. The first-order valence-corrected chi connectivity index (χ1v) is 4.47. The molecule has 2 aromatic heterocycles. The molecule has 0 spiro atoms. The average Bonchev–Trinajstić information content (AvgIpc) is 2.59. The summed E-state index contributed by atoms with van der Waals surface area (Å²) in [7, 11) is 0. The molecule has 2 aromatic rings. The summed E-state index contributed by atoms with van der Waals surface area (Å²) >= 11 is 0. The molecule has 0 aliphatic rings. The van der Waals surface area contributed by atoms with E-state index >= 15 is 0 Å². The van der Waals surface area contributed by atoms with Gasteiger partial charge in [-0.25, -0.2) is 9.50 Å². The summed E-state index contributed by atoms with van der Waals surface area (Å²) in [5.41, 5.74) is 2.15. The average molecular weight is 186 g/mol. The predicted molar refractivity (Wildman–Crippen MR) is 51.8 cm³/mol. The zero-order valence-corrected chi connectivity index (χ0v) is 8.10. The first kappa shape index (κ1) is 8.70. The van der Waals surface area contributed by atoms with Gasteiger partial charge in [-0.2, -0.15) is 10.4 Å². The van der Waals surface area contributed by atoms with Crippen LogP contribution in [0.15, 0.2) is 18.3 Å². The number of aromatic nitrogens is 3. The zero-order valence-electron chi connectivity index (χ0n) is 8.10. The number of hydrogen-bond donors (Lipinski definition) is 0. The van der Waals surface area contributed by atoms with Crippen molar-refractivity contribution in [2.24, 2.45) is 0 Å². The Morgan fingerprint density at radius 2 is 2.29 bits per heavy atom. The summed E-state index contributed by atoms with van der Waals surface area (Å²) in [6.07, 6.45) is 1.76. The van der Waals surface area contributed by atoms with Crippen molar-refractivity contribution in [3.8, 4) is 6.07 Å². The van der Waals surface area contributed by atoms with Crippen molar-refractivity contribution in [3.05, 3.63) is 29.7 Å². The Hall–Kier alpha value is -1.89.